The minimum atomic E-state index is -0.0443. The van der Waals surface area contributed by atoms with Crippen molar-refractivity contribution in [3.8, 4) is 5.75 Å². The zero-order chi connectivity index (χ0) is 25.8. The Morgan fingerprint density at radius 2 is 1.79 bits per heavy atom. The third-order valence-electron chi connectivity index (χ3n) is 8.61. The number of carbonyl (C=O) groups excluding carboxylic acids is 1. The summed E-state index contributed by atoms with van der Waals surface area (Å²) in [5, 5.41) is 4.59. The van der Waals surface area contributed by atoms with Crippen molar-refractivity contribution >= 4 is 29.2 Å². The van der Waals surface area contributed by atoms with Gasteiger partial charge in [-0.1, -0.05) is 43.5 Å². The molecule has 2 aliphatic rings. The van der Waals surface area contributed by atoms with Crippen LogP contribution >= 0.6 is 12.4 Å². The molecule has 1 aromatic heterocycles. The lowest BCUT2D eigenvalue weighted by atomic mass is 9.86. The number of nitrogens with zero attached hydrogens (tertiary/aromatic N) is 1. The van der Waals surface area contributed by atoms with Gasteiger partial charge in [-0.3, -0.25) is 4.79 Å². The van der Waals surface area contributed by atoms with Crippen molar-refractivity contribution in [2.24, 2.45) is 11.7 Å². The number of amides is 1. The number of hydrogen-bond acceptors (Lipinski definition) is 3. The van der Waals surface area contributed by atoms with E-state index in [0.717, 1.165) is 55.0 Å². The topological polar surface area (TPSA) is 69.3 Å². The number of hydrogen-bond donors (Lipinski definition) is 2. The first-order valence-electron chi connectivity index (χ1n) is 14.3. The molecule has 38 heavy (non-hydrogen) atoms. The lowest BCUT2D eigenvalue weighted by molar-refractivity contribution is -0.122. The predicted molar refractivity (Wildman–Crippen MR) is 158 cm³/mol. The molecule has 6 heteroatoms. The van der Waals surface area contributed by atoms with Crippen LogP contribution in [0.2, 0.25) is 0 Å². The van der Waals surface area contributed by atoms with Crippen LogP contribution in [0.5, 0.6) is 5.75 Å². The monoisotopic (exact) mass is 537 g/mol. The number of nitrogens with two attached hydrogens (primary N) is 1. The van der Waals surface area contributed by atoms with Gasteiger partial charge >= 0.3 is 0 Å². The SMILES string of the molecule is COc1cc(C)cc(C(CC(=O)NC2CCC(N)CC2)c2cn(CC3CCCCC3)c3ccccc23)c1.Cl. The standard InChI is InChI=1S/C32H43N3O2.ClH/c1-22-16-24(18-27(17-22)37-2)29(19-32(36)34-26-14-12-25(33)13-15-26)30-21-35(20-23-8-4-3-5-9-23)31-11-7-6-10-28(30)31;/h6-7,10-11,16-18,21,23,25-26,29H,3-5,8-9,12-15,19-20,33H2,1-2H3,(H,34,36);1H. The van der Waals surface area contributed by atoms with Gasteiger partial charge in [0.05, 0.1) is 7.11 Å². The average molecular weight is 538 g/mol. The van der Waals surface area contributed by atoms with Gasteiger partial charge in [0.2, 0.25) is 5.91 Å². The summed E-state index contributed by atoms with van der Waals surface area (Å²) in [5.74, 6) is 1.65. The molecule has 0 bridgehead atoms. The number of aryl methyl sites for hydroxylation is 1. The number of aromatic nitrogens is 1. The Morgan fingerprint density at radius 1 is 1.05 bits per heavy atom. The normalized spacial score (nSPS) is 21.0. The van der Waals surface area contributed by atoms with Gasteiger partial charge in [0.1, 0.15) is 5.75 Å². The third kappa shape index (κ3) is 6.73. The molecule has 1 heterocycles. The van der Waals surface area contributed by atoms with Crippen molar-refractivity contribution in [2.75, 3.05) is 7.11 Å². The molecule has 1 atom stereocenters. The van der Waals surface area contributed by atoms with Gasteiger partial charge in [-0.25, -0.2) is 0 Å². The fourth-order valence-electron chi connectivity index (χ4n) is 6.59. The van der Waals surface area contributed by atoms with E-state index in [1.165, 1.54) is 48.6 Å². The molecule has 3 aromatic rings. The summed E-state index contributed by atoms with van der Waals surface area (Å²) in [5.41, 5.74) is 10.9. The highest BCUT2D eigenvalue weighted by atomic mass is 35.5. The summed E-state index contributed by atoms with van der Waals surface area (Å²) in [6.07, 6.45) is 13.3. The van der Waals surface area contributed by atoms with Gasteiger partial charge < -0.3 is 20.4 Å². The number of ether oxygens (including phenoxy) is 1. The second-order valence-electron chi connectivity index (χ2n) is 11.5. The van der Waals surface area contributed by atoms with E-state index in [9.17, 15) is 4.79 Å². The van der Waals surface area contributed by atoms with Gasteiger partial charge in [-0.15, -0.1) is 12.4 Å². The number of fused-ring (bicyclic) bond motifs is 1. The molecule has 5 nitrogen and oxygen atoms in total. The highest BCUT2D eigenvalue weighted by Crippen LogP contribution is 2.38. The van der Waals surface area contributed by atoms with Crippen molar-refractivity contribution < 1.29 is 9.53 Å². The van der Waals surface area contributed by atoms with E-state index in [-0.39, 0.29) is 36.3 Å². The van der Waals surface area contributed by atoms with Crippen LogP contribution in [0.1, 0.15) is 86.8 Å². The van der Waals surface area contributed by atoms with E-state index >= 15 is 0 Å². The summed E-state index contributed by atoms with van der Waals surface area (Å²) in [4.78, 5) is 13.5. The van der Waals surface area contributed by atoms with Crippen molar-refractivity contribution in [1.29, 1.82) is 0 Å². The average Bonchev–Trinajstić information content (AvgIpc) is 3.27. The van der Waals surface area contributed by atoms with Crippen molar-refractivity contribution in [3.05, 3.63) is 65.4 Å². The van der Waals surface area contributed by atoms with Gasteiger partial charge in [0, 0.05) is 48.1 Å². The largest absolute Gasteiger partial charge is 0.497 e. The van der Waals surface area contributed by atoms with E-state index < -0.39 is 0 Å². The molecule has 3 N–H and O–H groups in total. The Labute approximate surface area is 233 Å². The number of benzene rings is 2. The van der Waals surface area contributed by atoms with Crippen molar-refractivity contribution in [1.82, 2.24) is 9.88 Å². The lowest BCUT2D eigenvalue weighted by Crippen LogP contribution is -2.40. The lowest BCUT2D eigenvalue weighted by Gasteiger charge is -2.27. The Hall–Kier alpha value is -2.50. The van der Waals surface area contributed by atoms with Gasteiger partial charge in [-0.05, 0) is 86.3 Å². The molecule has 0 spiro atoms. The Bertz CT molecular complexity index is 1210. The number of halogens is 1. The Kier molecular flexibility index (Phi) is 9.78. The van der Waals surface area contributed by atoms with Crippen molar-refractivity contribution in [2.45, 2.75) is 95.7 Å². The fraction of sp³-hybridized carbons (Fsp3) is 0.531. The van der Waals surface area contributed by atoms with E-state index in [1.807, 2.05) is 0 Å². The molecule has 0 saturated heterocycles. The molecule has 2 aliphatic carbocycles. The number of rotatable bonds is 8. The summed E-state index contributed by atoms with van der Waals surface area (Å²) in [6.45, 7) is 3.15. The molecule has 2 fully saturated rings. The van der Waals surface area contributed by atoms with Gasteiger partial charge in [0.25, 0.3) is 0 Å². The molecular formula is C32H44ClN3O2. The highest BCUT2D eigenvalue weighted by molar-refractivity contribution is 5.87. The van der Waals surface area contributed by atoms with E-state index in [4.69, 9.17) is 10.5 Å². The van der Waals surface area contributed by atoms with Crippen LogP contribution < -0.4 is 15.8 Å². The van der Waals surface area contributed by atoms with Gasteiger partial charge in [0.15, 0.2) is 0 Å². The minimum absolute atomic E-state index is 0. The van der Waals surface area contributed by atoms with Crippen LogP contribution in [-0.2, 0) is 11.3 Å². The number of carbonyl (C=O) groups is 1. The molecule has 1 unspecified atom stereocenters. The maximum Gasteiger partial charge on any atom is 0.221 e. The minimum Gasteiger partial charge on any atom is -0.497 e. The maximum absolute atomic E-state index is 13.5. The van der Waals surface area contributed by atoms with E-state index in [0.29, 0.717) is 6.42 Å². The summed E-state index contributed by atoms with van der Waals surface area (Å²) < 4.78 is 8.09. The molecule has 206 valence electrons. The molecule has 1 amide bonds. The second kappa shape index (κ2) is 13.0. The molecule has 0 radical (unpaired) electrons. The first-order valence-corrected chi connectivity index (χ1v) is 14.3. The first-order chi connectivity index (χ1) is 18.0. The molecular weight excluding hydrogens is 494 g/mol. The zero-order valence-corrected chi connectivity index (χ0v) is 23.8. The quantitative estimate of drug-likeness (QED) is 0.329. The molecule has 2 aromatic carbocycles. The number of nitrogens with one attached hydrogen (secondary N) is 1. The van der Waals surface area contributed by atoms with Crippen LogP contribution in [-0.4, -0.2) is 29.7 Å². The second-order valence-corrected chi connectivity index (χ2v) is 11.5. The summed E-state index contributed by atoms with van der Waals surface area (Å²) >= 11 is 0. The Morgan fingerprint density at radius 3 is 2.53 bits per heavy atom. The Balaban J connectivity index is 0.00000336. The zero-order valence-electron chi connectivity index (χ0n) is 23.0. The van der Waals surface area contributed by atoms with Crippen LogP contribution in [0.15, 0.2) is 48.7 Å². The highest BCUT2D eigenvalue weighted by Gasteiger charge is 2.27. The fourth-order valence-corrected chi connectivity index (χ4v) is 6.59. The molecule has 5 rings (SSSR count). The number of methoxy groups -OCH3 is 1. The van der Waals surface area contributed by atoms with E-state index in [1.54, 1.807) is 7.11 Å². The van der Waals surface area contributed by atoms with Gasteiger partial charge in [-0.2, -0.15) is 0 Å². The molecule has 0 aliphatic heterocycles. The predicted octanol–water partition coefficient (Wildman–Crippen LogP) is 6.87. The van der Waals surface area contributed by atoms with Crippen LogP contribution in [0.3, 0.4) is 0 Å². The maximum atomic E-state index is 13.5. The summed E-state index contributed by atoms with van der Waals surface area (Å²) in [6, 6.07) is 15.6. The van der Waals surface area contributed by atoms with E-state index in [2.05, 4.69) is 65.5 Å². The molecule has 2 saturated carbocycles. The van der Waals surface area contributed by atoms with Crippen LogP contribution in [0, 0.1) is 12.8 Å². The van der Waals surface area contributed by atoms with Crippen LogP contribution in [0.25, 0.3) is 10.9 Å². The number of para-hydroxylation sites is 1. The van der Waals surface area contributed by atoms with Crippen molar-refractivity contribution in [3.63, 3.8) is 0 Å². The third-order valence-corrected chi connectivity index (χ3v) is 8.61. The first kappa shape index (κ1) is 28.5. The smallest absolute Gasteiger partial charge is 0.221 e. The summed E-state index contributed by atoms with van der Waals surface area (Å²) in [7, 11) is 1.71. The van der Waals surface area contributed by atoms with Crippen LogP contribution in [0.4, 0.5) is 0 Å².